The van der Waals surface area contributed by atoms with Gasteiger partial charge in [0.25, 0.3) is 0 Å². The second-order valence-electron chi connectivity index (χ2n) is 3.18. The first-order chi connectivity index (χ1) is 6.11. The second-order valence-corrected chi connectivity index (χ2v) is 4.66. The van der Waals surface area contributed by atoms with Crippen molar-refractivity contribution >= 4 is 45.1 Å². The first kappa shape index (κ1) is 9.34. The summed E-state index contributed by atoms with van der Waals surface area (Å²) in [6.45, 7) is 2.11. The van der Waals surface area contributed by atoms with E-state index in [-0.39, 0.29) is 0 Å². The molecule has 0 atom stereocenters. The zero-order valence-electron chi connectivity index (χ0n) is 7.44. The summed E-state index contributed by atoms with van der Waals surface area (Å²) in [7, 11) is 2.05. The maximum absolute atomic E-state index is 6.05. The standard InChI is InChI=1S/C10H9ClIN/c1-6-5-13(2)8-4-3-7(11)10(12)9(6)8/h3-5H,1-2H3. The molecule has 68 valence electrons. The summed E-state index contributed by atoms with van der Waals surface area (Å²) >= 11 is 8.35. The SMILES string of the molecule is Cc1cn(C)c2ccc(Cl)c(I)c12. The molecule has 0 spiro atoms. The third-order valence-electron chi connectivity index (χ3n) is 2.23. The van der Waals surface area contributed by atoms with Crippen molar-refractivity contribution in [2.24, 2.45) is 7.05 Å². The average molecular weight is 306 g/mol. The number of nitrogens with zero attached hydrogens (tertiary/aromatic N) is 1. The van der Waals surface area contributed by atoms with Gasteiger partial charge in [-0.05, 0) is 47.2 Å². The maximum atomic E-state index is 6.05. The molecular weight excluding hydrogens is 296 g/mol. The van der Waals surface area contributed by atoms with Crippen molar-refractivity contribution in [3.63, 3.8) is 0 Å². The van der Waals surface area contributed by atoms with E-state index in [2.05, 4.69) is 53.4 Å². The Morgan fingerprint density at radius 1 is 1.38 bits per heavy atom. The lowest BCUT2D eigenvalue weighted by molar-refractivity contribution is 0.964. The van der Waals surface area contributed by atoms with Crippen molar-refractivity contribution in [1.29, 1.82) is 0 Å². The van der Waals surface area contributed by atoms with Crippen LogP contribution in [0.1, 0.15) is 5.56 Å². The predicted molar refractivity (Wildman–Crippen MR) is 65.4 cm³/mol. The Balaban J connectivity index is 2.98. The summed E-state index contributed by atoms with van der Waals surface area (Å²) in [6.07, 6.45) is 2.13. The van der Waals surface area contributed by atoms with Gasteiger partial charge in [0.1, 0.15) is 0 Å². The van der Waals surface area contributed by atoms with Gasteiger partial charge in [-0.2, -0.15) is 0 Å². The summed E-state index contributed by atoms with van der Waals surface area (Å²) in [5.41, 5.74) is 2.52. The van der Waals surface area contributed by atoms with E-state index < -0.39 is 0 Å². The van der Waals surface area contributed by atoms with E-state index in [9.17, 15) is 0 Å². The van der Waals surface area contributed by atoms with Crippen molar-refractivity contribution in [1.82, 2.24) is 4.57 Å². The van der Waals surface area contributed by atoms with Crippen LogP contribution in [0, 0.1) is 10.5 Å². The molecule has 0 radical (unpaired) electrons. The average Bonchev–Trinajstić information content (AvgIpc) is 2.35. The van der Waals surface area contributed by atoms with Crippen molar-refractivity contribution < 1.29 is 0 Å². The number of hydrogen-bond acceptors (Lipinski definition) is 0. The molecular formula is C10H9ClIN. The molecule has 0 aliphatic rings. The van der Waals surface area contributed by atoms with Gasteiger partial charge in [0.2, 0.25) is 0 Å². The Morgan fingerprint density at radius 2 is 2.08 bits per heavy atom. The Labute approximate surface area is 95.8 Å². The van der Waals surface area contributed by atoms with Gasteiger partial charge in [0.05, 0.1) is 5.02 Å². The van der Waals surface area contributed by atoms with Crippen LogP contribution in [-0.4, -0.2) is 4.57 Å². The molecule has 1 aromatic carbocycles. The van der Waals surface area contributed by atoms with Crippen molar-refractivity contribution in [3.8, 4) is 0 Å². The minimum Gasteiger partial charge on any atom is -0.350 e. The van der Waals surface area contributed by atoms with Crippen molar-refractivity contribution in [2.75, 3.05) is 0 Å². The topological polar surface area (TPSA) is 4.93 Å². The van der Waals surface area contributed by atoms with Gasteiger partial charge in [0, 0.05) is 27.7 Å². The molecule has 1 heterocycles. The molecule has 3 heteroatoms. The van der Waals surface area contributed by atoms with Gasteiger partial charge < -0.3 is 4.57 Å². The fourth-order valence-electron chi connectivity index (χ4n) is 1.63. The number of fused-ring (bicyclic) bond motifs is 1. The molecule has 0 unspecified atom stereocenters. The quantitative estimate of drug-likeness (QED) is 0.653. The zero-order chi connectivity index (χ0) is 9.59. The van der Waals surface area contributed by atoms with Crippen LogP contribution in [0.2, 0.25) is 5.02 Å². The van der Waals surface area contributed by atoms with Crippen LogP contribution in [-0.2, 0) is 7.05 Å². The summed E-state index contributed by atoms with van der Waals surface area (Å²) < 4.78 is 3.28. The molecule has 2 aromatic rings. The van der Waals surface area contributed by atoms with Gasteiger partial charge in [0.15, 0.2) is 0 Å². The largest absolute Gasteiger partial charge is 0.350 e. The fraction of sp³-hybridized carbons (Fsp3) is 0.200. The number of benzene rings is 1. The molecule has 1 nitrogen and oxygen atoms in total. The number of rotatable bonds is 0. The van der Waals surface area contributed by atoms with Crippen LogP contribution >= 0.6 is 34.2 Å². The van der Waals surface area contributed by atoms with Crippen LogP contribution in [0.25, 0.3) is 10.9 Å². The molecule has 0 N–H and O–H groups in total. The van der Waals surface area contributed by atoms with E-state index in [1.54, 1.807) is 0 Å². The van der Waals surface area contributed by atoms with Crippen LogP contribution < -0.4 is 0 Å². The molecule has 0 aliphatic carbocycles. The third kappa shape index (κ3) is 1.36. The van der Waals surface area contributed by atoms with Gasteiger partial charge in [-0.1, -0.05) is 11.6 Å². The first-order valence-electron chi connectivity index (χ1n) is 4.01. The summed E-state index contributed by atoms with van der Waals surface area (Å²) in [6, 6.07) is 4.01. The third-order valence-corrected chi connectivity index (χ3v) is 3.99. The maximum Gasteiger partial charge on any atom is 0.0547 e. The van der Waals surface area contributed by atoms with Gasteiger partial charge in [-0.15, -0.1) is 0 Å². The van der Waals surface area contributed by atoms with E-state index in [4.69, 9.17) is 11.6 Å². The molecule has 0 saturated heterocycles. The highest BCUT2D eigenvalue weighted by molar-refractivity contribution is 14.1. The van der Waals surface area contributed by atoms with E-state index in [0.29, 0.717) is 0 Å². The minimum atomic E-state index is 0.836. The first-order valence-corrected chi connectivity index (χ1v) is 5.46. The normalized spacial score (nSPS) is 11.1. The van der Waals surface area contributed by atoms with Crippen LogP contribution in [0.4, 0.5) is 0 Å². The molecule has 0 saturated carbocycles. The molecule has 13 heavy (non-hydrogen) atoms. The number of hydrogen-bond donors (Lipinski definition) is 0. The lowest BCUT2D eigenvalue weighted by Crippen LogP contribution is -1.84. The smallest absolute Gasteiger partial charge is 0.0547 e. The Morgan fingerprint density at radius 3 is 2.77 bits per heavy atom. The van der Waals surface area contributed by atoms with E-state index in [1.807, 2.05) is 6.07 Å². The number of halogens is 2. The highest BCUT2D eigenvalue weighted by Gasteiger charge is 2.08. The Kier molecular flexibility index (Phi) is 2.28. The summed E-state index contributed by atoms with van der Waals surface area (Å²) in [5.74, 6) is 0. The molecule has 0 aliphatic heterocycles. The number of aryl methyl sites for hydroxylation is 2. The lowest BCUT2D eigenvalue weighted by atomic mass is 10.2. The van der Waals surface area contributed by atoms with Crippen molar-refractivity contribution in [2.45, 2.75) is 6.92 Å². The second kappa shape index (κ2) is 3.17. The van der Waals surface area contributed by atoms with Crippen LogP contribution in [0.15, 0.2) is 18.3 Å². The van der Waals surface area contributed by atoms with Gasteiger partial charge in [-0.3, -0.25) is 0 Å². The van der Waals surface area contributed by atoms with E-state index >= 15 is 0 Å². The Hall–Kier alpha value is -0.220. The Bertz CT molecular complexity index is 473. The van der Waals surface area contributed by atoms with Crippen LogP contribution in [0.3, 0.4) is 0 Å². The highest BCUT2D eigenvalue weighted by Crippen LogP contribution is 2.30. The lowest BCUT2D eigenvalue weighted by Gasteiger charge is -2.00. The summed E-state index contributed by atoms with van der Waals surface area (Å²) in [4.78, 5) is 0. The fourth-order valence-corrected chi connectivity index (χ4v) is 2.67. The van der Waals surface area contributed by atoms with Gasteiger partial charge in [-0.25, -0.2) is 0 Å². The van der Waals surface area contributed by atoms with Gasteiger partial charge >= 0.3 is 0 Å². The van der Waals surface area contributed by atoms with Crippen molar-refractivity contribution in [3.05, 3.63) is 32.5 Å². The molecule has 0 bridgehead atoms. The zero-order valence-corrected chi connectivity index (χ0v) is 10.3. The predicted octanol–water partition coefficient (Wildman–Crippen LogP) is 3.74. The molecule has 0 fully saturated rings. The number of aromatic nitrogens is 1. The highest BCUT2D eigenvalue weighted by atomic mass is 127. The summed E-state index contributed by atoms with van der Waals surface area (Å²) in [5, 5.41) is 2.11. The van der Waals surface area contributed by atoms with E-state index in [0.717, 1.165) is 8.59 Å². The van der Waals surface area contributed by atoms with E-state index in [1.165, 1.54) is 16.5 Å². The molecule has 0 amide bonds. The minimum absolute atomic E-state index is 0.836. The molecule has 1 aromatic heterocycles. The monoisotopic (exact) mass is 305 g/mol. The van der Waals surface area contributed by atoms with Crippen LogP contribution in [0.5, 0.6) is 0 Å². The molecule has 2 rings (SSSR count).